The first-order chi connectivity index (χ1) is 11.2. The van der Waals surface area contributed by atoms with Crippen LogP contribution in [0, 0.1) is 5.92 Å². The number of piperidine rings is 1. The lowest BCUT2D eigenvalue weighted by Gasteiger charge is -2.31. The molecule has 1 aromatic rings. The molecule has 1 aliphatic carbocycles. The average Bonchev–Trinajstić information content (AvgIpc) is 2.56. The van der Waals surface area contributed by atoms with E-state index in [0.29, 0.717) is 18.4 Å². The van der Waals surface area contributed by atoms with Gasteiger partial charge in [0, 0.05) is 43.5 Å². The standard InChI is InChI=1S/C18H28N4O/c19-17(23)12-14-5-4-6-15(11-14)21-18-13-16(7-8-20-18)22-9-2-1-3-10-22/h7-8,13-15H,1-6,9-12H2,(H2,19,23)(H,20,21)/t14-,15-/m1/s1. The largest absolute Gasteiger partial charge is 0.371 e. The van der Waals surface area contributed by atoms with E-state index in [9.17, 15) is 4.79 Å². The molecule has 2 fully saturated rings. The van der Waals surface area contributed by atoms with Crippen LogP contribution < -0.4 is 16.0 Å². The molecule has 0 radical (unpaired) electrons. The summed E-state index contributed by atoms with van der Waals surface area (Å²) in [6.07, 6.45) is 10.7. The van der Waals surface area contributed by atoms with Crippen LogP contribution in [-0.2, 0) is 4.79 Å². The molecule has 3 N–H and O–H groups in total. The summed E-state index contributed by atoms with van der Waals surface area (Å²) in [5, 5.41) is 3.57. The number of anilines is 2. The molecule has 0 unspecified atom stereocenters. The van der Waals surface area contributed by atoms with Crippen molar-refractivity contribution in [2.24, 2.45) is 11.7 Å². The first-order valence-corrected chi connectivity index (χ1v) is 8.96. The maximum Gasteiger partial charge on any atom is 0.217 e. The molecule has 126 valence electrons. The molecular formula is C18H28N4O. The van der Waals surface area contributed by atoms with Crippen LogP contribution in [0.1, 0.15) is 51.4 Å². The van der Waals surface area contributed by atoms with Gasteiger partial charge in [-0.25, -0.2) is 4.98 Å². The van der Waals surface area contributed by atoms with Crippen molar-refractivity contribution < 1.29 is 4.79 Å². The quantitative estimate of drug-likeness (QED) is 0.876. The highest BCUT2D eigenvalue weighted by atomic mass is 16.1. The van der Waals surface area contributed by atoms with Gasteiger partial charge >= 0.3 is 0 Å². The summed E-state index contributed by atoms with van der Waals surface area (Å²) in [6, 6.07) is 4.67. The molecule has 2 aliphatic rings. The lowest BCUT2D eigenvalue weighted by atomic mass is 9.83. The van der Waals surface area contributed by atoms with Crippen molar-refractivity contribution in [2.45, 2.75) is 57.4 Å². The summed E-state index contributed by atoms with van der Waals surface area (Å²) in [6.45, 7) is 2.29. The summed E-state index contributed by atoms with van der Waals surface area (Å²) >= 11 is 0. The number of nitrogens with zero attached hydrogens (tertiary/aromatic N) is 2. The third kappa shape index (κ3) is 4.60. The number of pyridine rings is 1. The van der Waals surface area contributed by atoms with Crippen LogP contribution in [0.15, 0.2) is 18.3 Å². The zero-order valence-corrected chi connectivity index (χ0v) is 13.8. The van der Waals surface area contributed by atoms with Crippen molar-refractivity contribution in [3.05, 3.63) is 18.3 Å². The number of hydrogen-bond acceptors (Lipinski definition) is 4. The predicted molar refractivity (Wildman–Crippen MR) is 93.5 cm³/mol. The highest BCUT2D eigenvalue weighted by molar-refractivity contribution is 5.74. The van der Waals surface area contributed by atoms with Gasteiger partial charge in [-0.3, -0.25) is 4.79 Å². The summed E-state index contributed by atoms with van der Waals surface area (Å²) in [7, 11) is 0. The van der Waals surface area contributed by atoms with Crippen LogP contribution in [0.4, 0.5) is 11.5 Å². The van der Waals surface area contributed by atoms with Gasteiger partial charge < -0.3 is 16.0 Å². The van der Waals surface area contributed by atoms with E-state index in [1.807, 2.05) is 6.20 Å². The fraction of sp³-hybridized carbons (Fsp3) is 0.667. The number of carbonyl (C=O) groups excluding carboxylic acids is 1. The van der Waals surface area contributed by atoms with Gasteiger partial charge in [-0.05, 0) is 50.5 Å². The average molecular weight is 316 g/mol. The molecule has 2 atom stereocenters. The Morgan fingerprint density at radius 1 is 1.26 bits per heavy atom. The Morgan fingerprint density at radius 2 is 2.09 bits per heavy atom. The Bertz CT molecular complexity index is 528. The Hall–Kier alpha value is -1.78. The molecule has 0 aromatic carbocycles. The van der Waals surface area contributed by atoms with Crippen molar-refractivity contribution in [3.63, 3.8) is 0 Å². The van der Waals surface area contributed by atoms with Crippen LogP contribution in [0.25, 0.3) is 0 Å². The number of aromatic nitrogens is 1. The number of nitrogens with one attached hydrogen (secondary N) is 1. The molecular weight excluding hydrogens is 288 g/mol. The van der Waals surface area contributed by atoms with Crippen LogP contribution in [0.3, 0.4) is 0 Å². The monoisotopic (exact) mass is 316 g/mol. The highest BCUT2D eigenvalue weighted by Crippen LogP contribution is 2.29. The lowest BCUT2D eigenvalue weighted by molar-refractivity contribution is -0.119. The molecule has 5 heteroatoms. The van der Waals surface area contributed by atoms with Crippen LogP contribution >= 0.6 is 0 Å². The van der Waals surface area contributed by atoms with E-state index in [2.05, 4.69) is 27.3 Å². The van der Waals surface area contributed by atoms with Gasteiger partial charge in [0.15, 0.2) is 0 Å². The molecule has 1 aliphatic heterocycles. The second-order valence-corrected chi connectivity index (χ2v) is 6.99. The topological polar surface area (TPSA) is 71.2 Å². The van der Waals surface area contributed by atoms with Crippen LogP contribution in [0.5, 0.6) is 0 Å². The molecule has 1 amide bonds. The Kier molecular flexibility index (Phi) is 5.36. The van der Waals surface area contributed by atoms with E-state index < -0.39 is 0 Å². The van der Waals surface area contributed by atoms with Crippen LogP contribution in [-0.4, -0.2) is 30.0 Å². The molecule has 0 bridgehead atoms. The molecule has 1 saturated heterocycles. The van der Waals surface area contributed by atoms with Gasteiger partial charge in [0.1, 0.15) is 5.82 Å². The fourth-order valence-corrected chi connectivity index (χ4v) is 3.95. The lowest BCUT2D eigenvalue weighted by Crippen LogP contribution is -2.31. The van der Waals surface area contributed by atoms with Gasteiger partial charge in [-0.2, -0.15) is 0 Å². The number of rotatable bonds is 5. The highest BCUT2D eigenvalue weighted by Gasteiger charge is 2.23. The fourth-order valence-electron chi connectivity index (χ4n) is 3.95. The van der Waals surface area contributed by atoms with E-state index >= 15 is 0 Å². The van der Waals surface area contributed by atoms with E-state index in [1.165, 1.54) is 24.9 Å². The molecule has 2 heterocycles. The summed E-state index contributed by atoms with van der Waals surface area (Å²) < 4.78 is 0. The smallest absolute Gasteiger partial charge is 0.217 e. The van der Waals surface area contributed by atoms with Crippen molar-refractivity contribution in [3.8, 4) is 0 Å². The summed E-state index contributed by atoms with van der Waals surface area (Å²) in [5.41, 5.74) is 6.62. The third-order valence-corrected chi connectivity index (χ3v) is 5.09. The first-order valence-electron chi connectivity index (χ1n) is 8.96. The molecule has 23 heavy (non-hydrogen) atoms. The number of primary amides is 1. The van der Waals surface area contributed by atoms with Crippen LogP contribution in [0.2, 0.25) is 0 Å². The van der Waals surface area contributed by atoms with Crippen molar-refractivity contribution in [1.82, 2.24) is 4.98 Å². The minimum absolute atomic E-state index is 0.180. The Morgan fingerprint density at radius 3 is 2.87 bits per heavy atom. The minimum atomic E-state index is -0.180. The van der Waals surface area contributed by atoms with E-state index in [-0.39, 0.29) is 5.91 Å². The molecule has 1 saturated carbocycles. The van der Waals surface area contributed by atoms with Crippen molar-refractivity contribution in [2.75, 3.05) is 23.3 Å². The Labute approximate surface area is 138 Å². The SMILES string of the molecule is NC(=O)C[C@@H]1CCC[C@@H](Nc2cc(N3CCCCC3)ccn2)C1. The van der Waals surface area contributed by atoms with E-state index in [1.54, 1.807) is 0 Å². The minimum Gasteiger partial charge on any atom is -0.371 e. The zero-order chi connectivity index (χ0) is 16.1. The van der Waals surface area contributed by atoms with E-state index in [4.69, 9.17) is 5.73 Å². The van der Waals surface area contributed by atoms with E-state index in [0.717, 1.165) is 44.6 Å². The normalized spacial score (nSPS) is 25.1. The molecule has 0 spiro atoms. The number of nitrogens with two attached hydrogens (primary N) is 1. The first kappa shape index (κ1) is 16.1. The molecule has 1 aromatic heterocycles. The van der Waals surface area contributed by atoms with Gasteiger partial charge in [-0.15, -0.1) is 0 Å². The number of carbonyl (C=O) groups is 1. The summed E-state index contributed by atoms with van der Waals surface area (Å²) in [5.74, 6) is 1.20. The Balaban J connectivity index is 1.59. The maximum absolute atomic E-state index is 11.1. The summed E-state index contributed by atoms with van der Waals surface area (Å²) in [4.78, 5) is 18.1. The number of hydrogen-bond donors (Lipinski definition) is 2. The van der Waals surface area contributed by atoms with Gasteiger partial charge in [0.05, 0.1) is 0 Å². The van der Waals surface area contributed by atoms with Crippen molar-refractivity contribution >= 4 is 17.4 Å². The van der Waals surface area contributed by atoms with Gasteiger partial charge in [0.2, 0.25) is 5.91 Å². The predicted octanol–water partition coefficient (Wildman–Crippen LogP) is 2.92. The maximum atomic E-state index is 11.1. The second-order valence-electron chi connectivity index (χ2n) is 6.99. The zero-order valence-electron chi connectivity index (χ0n) is 13.8. The van der Waals surface area contributed by atoms with Gasteiger partial charge in [0.25, 0.3) is 0 Å². The second kappa shape index (κ2) is 7.66. The third-order valence-electron chi connectivity index (χ3n) is 5.09. The molecule has 5 nitrogen and oxygen atoms in total. The van der Waals surface area contributed by atoms with Gasteiger partial charge in [-0.1, -0.05) is 6.42 Å². The molecule has 3 rings (SSSR count). The number of amides is 1. The van der Waals surface area contributed by atoms with Crippen molar-refractivity contribution in [1.29, 1.82) is 0 Å².